The van der Waals surface area contributed by atoms with Crippen molar-refractivity contribution in [3.8, 4) is 0 Å². The van der Waals surface area contributed by atoms with Gasteiger partial charge in [0.15, 0.2) is 0 Å². The highest BCUT2D eigenvalue weighted by Crippen LogP contribution is 2.36. The first-order valence-electron chi connectivity index (χ1n) is 5.67. The molecule has 4 nitrogen and oxygen atoms in total. The van der Waals surface area contributed by atoms with Crippen LogP contribution in [0.5, 0.6) is 0 Å². The number of carboxylic acids is 1. The standard InChI is InChI=1S/C11H21NO3/c1-8(2)12(6-3-7-13)10(11(14)15)9-4-5-9/h8-10,13H,3-7H2,1-2H3,(H,14,15). The molecule has 0 bridgehead atoms. The predicted octanol–water partition coefficient (Wildman–Crippen LogP) is 0.942. The molecule has 0 radical (unpaired) electrons. The third-order valence-electron chi connectivity index (χ3n) is 2.92. The topological polar surface area (TPSA) is 60.8 Å². The minimum Gasteiger partial charge on any atom is -0.480 e. The van der Waals surface area contributed by atoms with Gasteiger partial charge in [-0.25, -0.2) is 0 Å². The van der Waals surface area contributed by atoms with E-state index in [0.717, 1.165) is 12.8 Å². The third kappa shape index (κ3) is 3.47. The Hall–Kier alpha value is -0.610. The van der Waals surface area contributed by atoms with Crippen LogP contribution in [0.3, 0.4) is 0 Å². The summed E-state index contributed by atoms with van der Waals surface area (Å²) in [6, 6.07) is -0.130. The smallest absolute Gasteiger partial charge is 0.321 e. The molecule has 88 valence electrons. The molecule has 1 aliphatic rings. The molecule has 1 fully saturated rings. The Labute approximate surface area is 90.9 Å². The quantitative estimate of drug-likeness (QED) is 0.663. The molecule has 0 aromatic rings. The van der Waals surface area contributed by atoms with Crippen LogP contribution in [0.2, 0.25) is 0 Å². The summed E-state index contributed by atoms with van der Waals surface area (Å²) < 4.78 is 0. The number of rotatable bonds is 7. The first-order valence-corrected chi connectivity index (χ1v) is 5.67. The number of aliphatic hydroxyl groups excluding tert-OH is 1. The average Bonchev–Trinajstić information content (AvgIpc) is 2.94. The fourth-order valence-electron chi connectivity index (χ4n) is 2.00. The molecule has 0 spiro atoms. The summed E-state index contributed by atoms with van der Waals surface area (Å²) in [5.74, 6) is -0.396. The lowest BCUT2D eigenvalue weighted by Crippen LogP contribution is -2.47. The average molecular weight is 215 g/mol. The van der Waals surface area contributed by atoms with Crippen molar-refractivity contribution < 1.29 is 15.0 Å². The van der Waals surface area contributed by atoms with Crippen LogP contribution in [-0.2, 0) is 4.79 Å². The lowest BCUT2D eigenvalue weighted by molar-refractivity contribution is -0.145. The van der Waals surface area contributed by atoms with Crippen LogP contribution in [0.15, 0.2) is 0 Å². The first-order chi connectivity index (χ1) is 7.07. The minimum absolute atomic E-state index is 0.125. The summed E-state index contributed by atoms with van der Waals surface area (Å²) in [5, 5.41) is 18.0. The van der Waals surface area contributed by atoms with Gasteiger partial charge in [0.1, 0.15) is 6.04 Å². The Morgan fingerprint density at radius 2 is 2.07 bits per heavy atom. The molecule has 1 aliphatic carbocycles. The number of hydrogen-bond donors (Lipinski definition) is 2. The summed E-state index contributed by atoms with van der Waals surface area (Å²) in [7, 11) is 0. The van der Waals surface area contributed by atoms with Crippen molar-refractivity contribution in [2.24, 2.45) is 5.92 Å². The van der Waals surface area contributed by atoms with Crippen LogP contribution in [0, 0.1) is 5.92 Å². The van der Waals surface area contributed by atoms with Crippen LogP contribution in [-0.4, -0.2) is 46.3 Å². The Morgan fingerprint density at radius 1 is 1.47 bits per heavy atom. The second-order valence-electron chi connectivity index (χ2n) is 4.53. The molecular formula is C11H21NO3. The van der Waals surface area contributed by atoms with Crippen LogP contribution in [0.1, 0.15) is 33.1 Å². The van der Waals surface area contributed by atoms with Gasteiger partial charge < -0.3 is 10.2 Å². The minimum atomic E-state index is -0.718. The van der Waals surface area contributed by atoms with Gasteiger partial charge in [0.25, 0.3) is 0 Å². The van der Waals surface area contributed by atoms with Gasteiger partial charge in [-0.2, -0.15) is 0 Å². The third-order valence-corrected chi connectivity index (χ3v) is 2.92. The van der Waals surface area contributed by atoms with Crippen molar-refractivity contribution >= 4 is 5.97 Å². The van der Waals surface area contributed by atoms with E-state index in [0.29, 0.717) is 18.9 Å². The molecule has 1 rings (SSSR count). The van der Waals surface area contributed by atoms with E-state index in [1.54, 1.807) is 0 Å². The van der Waals surface area contributed by atoms with Crippen LogP contribution >= 0.6 is 0 Å². The zero-order valence-electron chi connectivity index (χ0n) is 9.52. The first kappa shape index (κ1) is 12.5. The van der Waals surface area contributed by atoms with E-state index in [1.807, 2.05) is 18.7 Å². The largest absolute Gasteiger partial charge is 0.480 e. The summed E-state index contributed by atoms with van der Waals surface area (Å²) in [6.07, 6.45) is 2.70. The summed E-state index contributed by atoms with van der Waals surface area (Å²) in [6.45, 7) is 4.81. The fourth-order valence-corrected chi connectivity index (χ4v) is 2.00. The predicted molar refractivity (Wildman–Crippen MR) is 57.7 cm³/mol. The molecule has 1 unspecified atom stereocenters. The molecule has 0 aromatic carbocycles. The van der Waals surface area contributed by atoms with E-state index in [1.165, 1.54) is 0 Å². The highest BCUT2D eigenvalue weighted by atomic mass is 16.4. The summed E-state index contributed by atoms with van der Waals surface area (Å²) in [4.78, 5) is 13.2. The van der Waals surface area contributed by atoms with Gasteiger partial charge in [-0.1, -0.05) is 0 Å². The molecular weight excluding hydrogens is 194 g/mol. The molecule has 15 heavy (non-hydrogen) atoms. The molecule has 1 atom stereocenters. The normalized spacial score (nSPS) is 18.5. The second-order valence-corrected chi connectivity index (χ2v) is 4.53. The number of carbonyl (C=O) groups is 1. The SMILES string of the molecule is CC(C)N(CCCO)C(C(=O)O)C1CC1. The van der Waals surface area contributed by atoms with Gasteiger partial charge in [-0.15, -0.1) is 0 Å². The van der Waals surface area contributed by atoms with E-state index in [4.69, 9.17) is 5.11 Å². The van der Waals surface area contributed by atoms with E-state index in [-0.39, 0.29) is 18.7 Å². The Bertz CT molecular complexity index is 214. The van der Waals surface area contributed by atoms with Crippen LogP contribution in [0.25, 0.3) is 0 Å². The number of aliphatic carboxylic acids is 1. The Balaban J connectivity index is 2.61. The lowest BCUT2D eigenvalue weighted by Gasteiger charge is -2.32. The zero-order valence-corrected chi connectivity index (χ0v) is 9.52. The van der Waals surface area contributed by atoms with Gasteiger partial charge in [-0.3, -0.25) is 9.69 Å². The van der Waals surface area contributed by atoms with E-state index in [9.17, 15) is 9.90 Å². The highest BCUT2D eigenvalue weighted by Gasteiger charge is 2.40. The molecule has 0 aliphatic heterocycles. The van der Waals surface area contributed by atoms with Crippen molar-refractivity contribution in [1.29, 1.82) is 0 Å². The van der Waals surface area contributed by atoms with Crippen molar-refractivity contribution in [3.05, 3.63) is 0 Å². The number of carboxylic acid groups (broad SMARTS) is 1. The summed E-state index contributed by atoms with van der Waals surface area (Å²) >= 11 is 0. The van der Waals surface area contributed by atoms with Crippen LogP contribution in [0.4, 0.5) is 0 Å². The highest BCUT2D eigenvalue weighted by molar-refractivity contribution is 5.74. The van der Waals surface area contributed by atoms with Gasteiger partial charge in [-0.05, 0) is 39.0 Å². The van der Waals surface area contributed by atoms with E-state index in [2.05, 4.69) is 0 Å². The van der Waals surface area contributed by atoms with Gasteiger partial charge in [0.05, 0.1) is 0 Å². The molecule has 0 aromatic heterocycles. The van der Waals surface area contributed by atoms with Gasteiger partial charge in [0.2, 0.25) is 0 Å². The fraction of sp³-hybridized carbons (Fsp3) is 0.909. The van der Waals surface area contributed by atoms with E-state index >= 15 is 0 Å². The Morgan fingerprint density at radius 3 is 2.40 bits per heavy atom. The van der Waals surface area contributed by atoms with Gasteiger partial charge >= 0.3 is 5.97 Å². The lowest BCUT2D eigenvalue weighted by atomic mass is 10.1. The maximum atomic E-state index is 11.2. The van der Waals surface area contributed by atoms with Crippen molar-refractivity contribution in [1.82, 2.24) is 4.90 Å². The molecule has 1 saturated carbocycles. The number of hydrogen-bond acceptors (Lipinski definition) is 3. The monoisotopic (exact) mass is 215 g/mol. The molecule has 0 heterocycles. The maximum Gasteiger partial charge on any atom is 0.321 e. The second kappa shape index (κ2) is 5.47. The molecule has 0 saturated heterocycles. The molecule has 2 N–H and O–H groups in total. The van der Waals surface area contributed by atoms with Crippen molar-refractivity contribution in [2.75, 3.05) is 13.2 Å². The van der Waals surface area contributed by atoms with Gasteiger partial charge in [0, 0.05) is 19.2 Å². The van der Waals surface area contributed by atoms with Crippen molar-refractivity contribution in [2.45, 2.75) is 45.2 Å². The summed E-state index contributed by atoms with van der Waals surface area (Å²) in [5.41, 5.74) is 0. The molecule has 4 heteroatoms. The zero-order chi connectivity index (χ0) is 11.4. The molecule has 0 amide bonds. The van der Waals surface area contributed by atoms with E-state index < -0.39 is 5.97 Å². The van der Waals surface area contributed by atoms with Crippen LogP contribution < -0.4 is 0 Å². The maximum absolute atomic E-state index is 11.2. The number of nitrogens with zero attached hydrogens (tertiary/aromatic N) is 1. The number of aliphatic hydroxyl groups is 1. The van der Waals surface area contributed by atoms with Crippen molar-refractivity contribution in [3.63, 3.8) is 0 Å². The Kier molecular flexibility index (Phi) is 4.54.